The first kappa shape index (κ1) is 13.5. The van der Waals surface area contributed by atoms with Crippen molar-refractivity contribution in [2.75, 3.05) is 11.1 Å². The van der Waals surface area contributed by atoms with Crippen molar-refractivity contribution in [1.82, 2.24) is 4.98 Å². The molecule has 0 fully saturated rings. The number of amides is 1. The first-order valence-electron chi connectivity index (χ1n) is 5.47. The Kier molecular flexibility index (Phi) is 3.80. The summed E-state index contributed by atoms with van der Waals surface area (Å²) in [5, 5.41) is 2.67. The van der Waals surface area contributed by atoms with Gasteiger partial charge in [-0.1, -0.05) is 0 Å². The normalized spacial score (nSPS) is 10.3. The van der Waals surface area contributed by atoms with E-state index >= 15 is 0 Å². The number of aryl methyl sites for hydroxylation is 1. The monoisotopic (exact) mass is 323 g/mol. The second-order valence-electron chi connectivity index (χ2n) is 3.96. The number of anilines is 2. The molecule has 98 valence electrons. The van der Waals surface area contributed by atoms with Gasteiger partial charge < -0.3 is 11.1 Å². The minimum Gasteiger partial charge on any atom is -0.396 e. The molecule has 0 bridgehead atoms. The van der Waals surface area contributed by atoms with Crippen molar-refractivity contribution in [1.29, 1.82) is 0 Å². The molecular formula is C13H11BrFN3O. The van der Waals surface area contributed by atoms with Crippen LogP contribution in [0.5, 0.6) is 0 Å². The highest BCUT2D eigenvalue weighted by atomic mass is 79.9. The summed E-state index contributed by atoms with van der Waals surface area (Å²) in [6, 6.07) is 7.36. The van der Waals surface area contributed by atoms with Crippen LogP contribution in [-0.2, 0) is 0 Å². The largest absolute Gasteiger partial charge is 0.396 e. The number of benzene rings is 1. The van der Waals surface area contributed by atoms with Gasteiger partial charge in [-0.3, -0.25) is 4.79 Å². The Bertz CT molecular complexity index is 646. The van der Waals surface area contributed by atoms with Gasteiger partial charge in [-0.05, 0) is 53.2 Å². The van der Waals surface area contributed by atoms with Crippen LogP contribution in [-0.4, -0.2) is 10.9 Å². The van der Waals surface area contributed by atoms with Crippen molar-refractivity contribution in [2.24, 2.45) is 0 Å². The van der Waals surface area contributed by atoms with Crippen LogP contribution in [0, 0.1) is 12.7 Å². The summed E-state index contributed by atoms with van der Waals surface area (Å²) >= 11 is 3.24. The number of carbonyl (C=O) groups excluding carboxylic acids is 1. The number of nitrogens with one attached hydrogen (secondary N) is 1. The average Bonchev–Trinajstić information content (AvgIpc) is 2.36. The van der Waals surface area contributed by atoms with Gasteiger partial charge in [-0.2, -0.15) is 0 Å². The zero-order valence-electron chi connectivity index (χ0n) is 10.1. The van der Waals surface area contributed by atoms with Crippen LogP contribution in [0.2, 0.25) is 0 Å². The van der Waals surface area contributed by atoms with E-state index in [1.165, 1.54) is 12.1 Å². The molecule has 0 saturated heterocycles. The summed E-state index contributed by atoms with van der Waals surface area (Å²) in [4.78, 5) is 16.1. The molecule has 19 heavy (non-hydrogen) atoms. The van der Waals surface area contributed by atoms with Gasteiger partial charge in [0.15, 0.2) is 0 Å². The lowest BCUT2D eigenvalue weighted by Gasteiger charge is -2.08. The van der Waals surface area contributed by atoms with Crippen molar-refractivity contribution in [3.05, 3.63) is 52.0 Å². The van der Waals surface area contributed by atoms with Gasteiger partial charge >= 0.3 is 0 Å². The lowest BCUT2D eigenvalue weighted by molar-refractivity contribution is 0.102. The van der Waals surface area contributed by atoms with Crippen molar-refractivity contribution in [3.8, 4) is 0 Å². The van der Waals surface area contributed by atoms with E-state index in [0.717, 1.165) is 6.07 Å². The molecule has 0 saturated carbocycles. The van der Waals surface area contributed by atoms with Crippen LogP contribution < -0.4 is 11.1 Å². The first-order chi connectivity index (χ1) is 8.97. The van der Waals surface area contributed by atoms with Gasteiger partial charge in [0, 0.05) is 5.56 Å². The SMILES string of the molecule is Cc1nc(Br)ccc1NC(=O)c1ccc(N)c(F)c1. The number of nitrogens with zero attached hydrogens (tertiary/aromatic N) is 1. The molecule has 0 aliphatic heterocycles. The van der Waals surface area contributed by atoms with E-state index in [9.17, 15) is 9.18 Å². The number of aromatic nitrogens is 1. The molecule has 0 aliphatic carbocycles. The van der Waals surface area contributed by atoms with Gasteiger partial charge in [-0.15, -0.1) is 0 Å². The molecular weight excluding hydrogens is 313 g/mol. The number of nitrogen functional groups attached to an aromatic ring is 1. The van der Waals surface area contributed by atoms with Crippen LogP contribution in [0.25, 0.3) is 0 Å². The van der Waals surface area contributed by atoms with E-state index in [0.29, 0.717) is 16.0 Å². The maximum absolute atomic E-state index is 13.3. The fourth-order valence-corrected chi connectivity index (χ4v) is 1.92. The minimum absolute atomic E-state index is 0.0121. The smallest absolute Gasteiger partial charge is 0.255 e. The standard InChI is InChI=1S/C13H11BrFN3O/c1-7-11(4-5-12(14)17-7)18-13(19)8-2-3-10(16)9(15)6-8/h2-6H,16H2,1H3,(H,18,19). The van der Waals surface area contributed by atoms with E-state index in [1.54, 1.807) is 19.1 Å². The van der Waals surface area contributed by atoms with E-state index in [2.05, 4.69) is 26.2 Å². The number of nitrogens with two attached hydrogens (primary N) is 1. The molecule has 4 nitrogen and oxygen atoms in total. The van der Waals surface area contributed by atoms with Crippen LogP contribution in [0.15, 0.2) is 34.9 Å². The quantitative estimate of drug-likeness (QED) is 0.659. The molecule has 0 unspecified atom stereocenters. The summed E-state index contributed by atoms with van der Waals surface area (Å²) in [5.41, 5.74) is 6.82. The van der Waals surface area contributed by atoms with Crippen LogP contribution in [0.1, 0.15) is 16.1 Å². The summed E-state index contributed by atoms with van der Waals surface area (Å²) in [7, 11) is 0. The van der Waals surface area contributed by atoms with E-state index in [1.807, 2.05) is 0 Å². The zero-order chi connectivity index (χ0) is 14.0. The van der Waals surface area contributed by atoms with Gasteiger partial charge in [0.1, 0.15) is 10.4 Å². The van der Waals surface area contributed by atoms with Gasteiger partial charge in [0.25, 0.3) is 5.91 Å². The number of hydrogen-bond acceptors (Lipinski definition) is 3. The van der Waals surface area contributed by atoms with Crippen LogP contribution in [0.3, 0.4) is 0 Å². The lowest BCUT2D eigenvalue weighted by Crippen LogP contribution is -2.13. The Balaban J connectivity index is 2.23. The Morgan fingerprint density at radius 1 is 1.37 bits per heavy atom. The molecule has 0 aliphatic rings. The Hall–Kier alpha value is -1.95. The molecule has 2 rings (SSSR count). The van der Waals surface area contributed by atoms with Gasteiger partial charge in [0.2, 0.25) is 0 Å². The van der Waals surface area contributed by atoms with Crippen molar-refractivity contribution < 1.29 is 9.18 Å². The van der Waals surface area contributed by atoms with Crippen LogP contribution in [0.4, 0.5) is 15.8 Å². The summed E-state index contributed by atoms with van der Waals surface area (Å²) in [6.45, 7) is 1.77. The van der Waals surface area contributed by atoms with Crippen LogP contribution >= 0.6 is 15.9 Å². The third kappa shape index (κ3) is 3.08. The zero-order valence-corrected chi connectivity index (χ0v) is 11.7. The lowest BCUT2D eigenvalue weighted by atomic mass is 10.2. The highest BCUT2D eigenvalue weighted by molar-refractivity contribution is 9.10. The van der Waals surface area contributed by atoms with Gasteiger partial charge in [0.05, 0.1) is 17.1 Å². The molecule has 0 atom stereocenters. The second kappa shape index (κ2) is 5.36. The Morgan fingerprint density at radius 3 is 2.74 bits per heavy atom. The molecule has 3 N–H and O–H groups in total. The third-order valence-electron chi connectivity index (χ3n) is 2.56. The van der Waals surface area contributed by atoms with Crippen molar-refractivity contribution in [3.63, 3.8) is 0 Å². The Morgan fingerprint density at radius 2 is 2.11 bits per heavy atom. The van der Waals surface area contributed by atoms with E-state index in [4.69, 9.17) is 5.73 Å². The molecule has 0 spiro atoms. The summed E-state index contributed by atoms with van der Waals surface area (Å²) < 4.78 is 14.0. The minimum atomic E-state index is -0.613. The second-order valence-corrected chi connectivity index (χ2v) is 4.77. The fourth-order valence-electron chi connectivity index (χ4n) is 1.53. The maximum Gasteiger partial charge on any atom is 0.255 e. The molecule has 1 aromatic heterocycles. The fraction of sp³-hybridized carbons (Fsp3) is 0.0769. The average molecular weight is 324 g/mol. The molecule has 1 amide bonds. The highest BCUT2D eigenvalue weighted by Gasteiger charge is 2.10. The third-order valence-corrected chi connectivity index (χ3v) is 3.00. The van der Waals surface area contributed by atoms with Gasteiger partial charge in [-0.25, -0.2) is 9.37 Å². The highest BCUT2D eigenvalue weighted by Crippen LogP contribution is 2.18. The number of halogens is 2. The first-order valence-corrected chi connectivity index (χ1v) is 6.26. The summed E-state index contributed by atoms with van der Waals surface area (Å²) in [5.74, 6) is -1.02. The maximum atomic E-state index is 13.3. The van der Waals surface area contributed by atoms with Crippen molar-refractivity contribution >= 4 is 33.2 Å². The topological polar surface area (TPSA) is 68.0 Å². The predicted octanol–water partition coefficient (Wildman–Crippen LogP) is 3.13. The Labute approximate surface area is 118 Å². The molecule has 2 aromatic rings. The van der Waals surface area contributed by atoms with Crippen molar-refractivity contribution in [2.45, 2.75) is 6.92 Å². The van der Waals surface area contributed by atoms with E-state index in [-0.39, 0.29) is 11.3 Å². The molecule has 6 heteroatoms. The number of hydrogen-bond donors (Lipinski definition) is 2. The van der Waals surface area contributed by atoms with E-state index < -0.39 is 11.7 Å². The number of pyridine rings is 1. The number of carbonyl (C=O) groups is 1. The summed E-state index contributed by atoms with van der Waals surface area (Å²) in [6.07, 6.45) is 0. The number of rotatable bonds is 2. The predicted molar refractivity (Wildman–Crippen MR) is 75.4 cm³/mol. The molecule has 1 heterocycles. The molecule has 1 aromatic carbocycles. The molecule has 0 radical (unpaired) electrons.